The van der Waals surface area contributed by atoms with Gasteiger partial charge in [-0.2, -0.15) is 0 Å². The molecule has 18 heavy (non-hydrogen) atoms. The Morgan fingerprint density at radius 2 is 1.72 bits per heavy atom. The second-order valence-electron chi connectivity index (χ2n) is 6.08. The number of rotatable bonds is 2. The Balaban J connectivity index is 0.00000120. The minimum atomic E-state index is 0. The molecule has 3 nitrogen and oxygen atoms in total. The van der Waals surface area contributed by atoms with Crippen molar-refractivity contribution in [1.29, 1.82) is 0 Å². The summed E-state index contributed by atoms with van der Waals surface area (Å²) in [5.41, 5.74) is 0. The predicted molar refractivity (Wildman–Crippen MR) is 86.5 cm³/mol. The molecule has 2 unspecified atom stereocenters. The van der Waals surface area contributed by atoms with Gasteiger partial charge in [-0.3, -0.25) is 4.99 Å². The van der Waals surface area contributed by atoms with Crippen LogP contribution in [0, 0.1) is 17.8 Å². The van der Waals surface area contributed by atoms with E-state index in [0.717, 1.165) is 30.3 Å². The highest BCUT2D eigenvalue weighted by Gasteiger charge is 2.35. The maximum absolute atomic E-state index is 4.46. The Hall–Kier alpha value is 0. The molecule has 0 bridgehead atoms. The van der Waals surface area contributed by atoms with Gasteiger partial charge in [0.2, 0.25) is 0 Å². The van der Waals surface area contributed by atoms with Crippen LogP contribution in [0.4, 0.5) is 0 Å². The molecule has 0 aromatic heterocycles. The highest BCUT2D eigenvalue weighted by atomic mass is 127. The summed E-state index contributed by atoms with van der Waals surface area (Å²) in [4.78, 5) is 6.96. The van der Waals surface area contributed by atoms with Crippen LogP contribution in [0.5, 0.6) is 0 Å². The molecule has 3 fully saturated rings. The summed E-state index contributed by atoms with van der Waals surface area (Å²) in [7, 11) is 1.93. The van der Waals surface area contributed by atoms with E-state index in [1.165, 1.54) is 51.6 Å². The summed E-state index contributed by atoms with van der Waals surface area (Å²) in [5, 5.41) is 3.56. The number of likely N-dealkylation sites (tertiary alicyclic amines) is 1. The fourth-order valence-corrected chi connectivity index (χ4v) is 3.47. The minimum Gasteiger partial charge on any atom is -0.356 e. The van der Waals surface area contributed by atoms with Crippen molar-refractivity contribution in [2.24, 2.45) is 22.7 Å². The van der Waals surface area contributed by atoms with Crippen molar-refractivity contribution in [2.75, 3.05) is 26.7 Å². The molecule has 104 valence electrons. The van der Waals surface area contributed by atoms with Gasteiger partial charge in [-0.1, -0.05) is 12.8 Å². The van der Waals surface area contributed by atoms with Crippen LogP contribution in [-0.4, -0.2) is 37.5 Å². The molecule has 1 aliphatic heterocycles. The smallest absolute Gasteiger partial charge is 0.193 e. The van der Waals surface area contributed by atoms with Gasteiger partial charge in [-0.25, -0.2) is 0 Å². The van der Waals surface area contributed by atoms with E-state index >= 15 is 0 Å². The Morgan fingerprint density at radius 1 is 1.11 bits per heavy atom. The fourth-order valence-electron chi connectivity index (χ4n) is 3.47. The summed E-state index contributed by atoms with van der Waals surface area (Å²) in [5.74, 6) is 3.98. The summed E-state index contributed by atoms with van der Waals surface area (Å²) < 4.78 is 0. The Kier molecular flexibility index (Phi) is 5.15. The van der Waals surface area contributed by atoms with E-state index in [4.69, 9.17) is 0 Å². The molecule has 2 aliphatic carbocycles. The molecule has 1 N–H and O–H groups in total. The summed E-state index contributed by atoms with van der Waals surface area (Å²) in [6.07, 6.45) is 8.61. The van der Waals surface area contributed by atoms with Gasteiger partial charge in [0.25, 0.3) is 0 Å². The molecule has 0 aromatic rings. The number of nitrogens with one attached hydrogen (secondary N) is 1. The third-order valence-corrected chi connectivity index (χ3v) is 4.73. The van der Waals surface area contributed by atoms with E-state index in [-0.39, 0.29) is 24.0 Å². The zero-order valence-electron chi connectivity index (χ0n) is 11.4. The lowest BCUT2D eigenvalue weighted by Crippen LogP contribution is -2.41. The zero-order chi connectivity index (χ0) is 11.7. The first-order valence-corrected chi connectivity index (χ1v) is 7.32. The lowest BCUT2D eigenvalue weighted by Gasteiger charge is -2.22. The lowest BCUT2D eigenvalue weighted by molar-refractivity contribution is 0.299. The molecule has 0 aromatic carbocycles. The van der Waals surface area contributed by atoms with Crippen LogP contribution in [0.15, 0.2) is 4.99 Å². The van der Waals surface area contributed by atoms with E-state index in [1.54, 1.807) is 0 Å². The molecule has 1 heterocycles. The first-order valence-electron chi connectivity index (χ1n) is 7.32. The van der Waals surface area contributed by atoms with Crippen LogP contribution in [0.2, 0.25) is 0 Å². The molecule has 3 rings (SSSR count). The summed E-state index contributed by atoms with van der Waals surface area (Å²) >= 11 is 0. The maximum atomic E-state index is 4.46. The van der Waals surface area contributed by atoms with Gasteiger partial charge in [-0.15, -0.1) is 24.0 Å². The topological polar surface area (TPSA) is 27.6 Å². The fraction of sp³-hybridized carbons (Fsp3) is 0.929. The Labute approximate surface area is 128 Å². The second-order valence-corrected chi connectivity index (χ2v) is 6.08. The normalized spacial score (nSPS) is 31.8. The molecule has 0 radical (unpaired) electrons. The molecule has 2 saturated carbocycles. The third kappa shape index (κ3) is 3.31. The SMILES string of the molecule is CN=C(NCC1CC1)N1CC2CCCCC2C1.I. The van der Waals surface area contributed by atoms with E-state index in [1.807, 2.05) is 7.05 Å². The second kappa shape index (κ2) is 6.44. The monoisotopic (exact) mass is 363 g/mol. The molecule has 0 amide bonds. The zero-order valence-corrected chi connectivity index (χ0v) is 13.7. The van der Waals surface area contributed by atoms with Crippen LogP contribution in [-0.2, 0) is 0 Å². The van der Waals surface area contributed by atoms with Crippen molar-refractivity contribution in [3.63, 3.8) is 0 Å². The standard InChI is InChI=1S/C14H25N3.HI/c1-15-14(16-8-11-6-7-11)17-9-12-4-2-3-5-13(12)10-17;/h11-13H,2-10H2,1H3,(H,15,16);1H. The van der Waals surface area contributed by atoms with E-state index < -0.39 is 0 Å². The van der Waals surface area contributed by atoms with Gasteiger partial charge < -0.3 is 10.2 Å². The largest absolute Gasteiger partial charge is 0.356 e. The predicted octanol–water partition coefficient (Wildman–Crippen LogP) is 2.71. The van der Waals surface area contributed by atoms with Crippen molar-refractivity contribution >= 4 is 29.9 Å². The van der Waals surface area contributed by atoms with Gasteiger partial charge in [0.15, 0.2) is 5.96 Å². The Bertz CT molecular complexity index is 287. The number of halogens is 1. The minimum absolute atomic E-state index is 0. The summed E-state index contributed by atoms with van der Waals surface area (Å²) in [6.45, 7) is 3.63. The number of nitrogens with zero attached hydrogens (tertiary/aromatic N) is 2. The van der Waals surface area contributed by atoms with Crippen molar-refractivity contribution < 1.29 is 0 Å². The average Bonchev–Trinajstić information content (AvgIpc) is 3.08. The van der Waals surface area contributed by atoms with Gasteiger partial charge in [0, 0.05) is 26.7 Å². The third-order valence-electron chi connectivity index (χ3n) is 4.73. The molecular weight excluding hydrogens is 337 g/mol. The molecule has 1 saturated heterocycles. The van der Waals surface area contributed by atoms with Crippen LogP contribution < -0.4 is 5.32 Å². The highest BCUT2D eigenvalue weighted by molar-refractivity contribution is 14.0. The van der Waals surface area contributed by atoms with Crippen molar-refractivity contribution in [3.8, 4) is 0 Å². The maximum Gasteiger partial charge on any atom is 0.193 e. The number of hydrogen-bond acceptors (Lipinski definition) is 1. The van der Waals surface area contributed by atoms with Gasteiger partial charge in [0.05, 0.1) is 0 Å². The molecule has 4 heteroatoms. The first kappa shape index (κ1) is 14.4. The van der Waals surface area contributed by atoms with Gasteiger partial charge in [0.1, 0.15) is 0 Å². The molecule has 2 atom stereocenters. The van der Waals surface area contributed by atoms with Crippen molar-refractivity contribution in [3.05, 3.63) is 0 Å². The van der Waals surface area contributed by atoms with Crippen LogP contribution in [0.1, 0.15) is 38.5 Å². The number of aliphatic imine (C=N–C) groups is 1. The first-order chi connectivity index (χ1) is 8.36. The van der Waals surface area contributed by atoms with Crippen molar-refractivity contribution in [1.82, 2.24) is 10.2 Å². The number of fused-ring (bicyclic) bond motifs is 1. The van der Waals surface area contributed by atoms with E-state index in [9.17, 15) is 0 Å². The molecule has 0 spiro atoms. The van der Waals surface area contributed by atoms with Gasteiger partial charge in [-0.05, 0) is 43.4 Å². The van der Waals surface area contributed by atoms with Crippen LogP contribution >= 0.6 is 24.0 Å². The Morgan fingerprint density at radius 3 is 2.22 bits per heavy atom. The van der Waals surface area contributed by atoms with Crippen LogP contribution in [0.3, 0.4) is 0 Å². The van der Waals surface area contributed by atoms with E-state index in [2.05, 4.69) is 15.2 Å². The van der Waals surface area contributed by atoms with Crippen LogP contribution in [0.25, 0.3) is 0 Å². The summed E-state index contributed by atoms with van der Waals surface area (Å²) in [6, 6.07) is 0. The number of guanidine groups is 1. The molecule has 3 aliphatic rings. The van der Waals surface area contributed by atoms with Gasteiger partial charge >= 0.3 is 0 Å². The average molecular weight is 363 g/mol. The van der Waals surface area contributed by atoms with E-state index in [0.29, 0.717) is 0 Å². The highest BCUT2D eigenvalue weighted by Crippen LogP contribution is 2.36. The lowest BCUT2D eigenvalue weighted by atomic mass is 9.82. The number of hydrogen-bond donors (Lipinski definition) is 1. The van der Waals surface area contributed by atoms with Crippen molar-refractivity contribution in [2.45, 2.75) is 38.5 Å². The molecular formula is C14H26IN3. The quantitative estimate of drug-likeness (QED) is 0.464.